The van der Waals surface area contributed by atoms with E-state index in [0.29, 0.717) is 11.7 Å². The second kappa shape index (κ2) is 3.89. The normalized spacial score (nSPS) is 13.9. The summed E-state index contributed by atoms with van der Waals surface area (Å²) in [4.78, 5) is 9.16. The molecular formula is C12H9ClFN3. The van der Waals surface area contributed by atoms with Crippen molar-refractivity contribution in [1.82, 2.24) is 4.98 Å². The van der Waals surface area contributed by atoms with Crippen LogP contribution in [-0.2, 0) is 0 Å². The van der Waals surface area contributed by atoms with Gasteiger partial charge in [-0.05, 0) is 18.2 Å². The van der Waals surface area contributed by atoms with Crippen LogP contribution in [0.5, 0.6) is 0 Å². The third kappa shape index (κ3) is 1.80. The maximum atomic E-state index is 13.1. The predicted molar refractivity (Wildman–Crippen MR) is 64.8 cm³/mol. The van der Waals surface area contributed by atoms with E-state index < -0.39 is 0 Å². The van der Waals surface area contributed by atoms with Crippen molar-refractivity contribution in [2.24, 2.45) is 4.99 Å². The Hall–Kier alpha value is -1.81. The summed E-state index contributed by atoms with van der Waals surface area (Å²) in [7, 11) is 0. The van der Waals surface area contributed by atoms with Crippen molar-refractivity contribution < 1.29 is 4.39 Å². The molecule has 0 spiro atoms. The number of nitrogens with one attached hydrogen (secondary N) is 1. The molecule has 3 nitrogen and oxygen atoms in total. The quantitative estimate of drug-likeness (QED) is 0.819. The summed E-state index contributed by atoms with van der Waals surface area (Å²) in [5, 5.41) is 1.45. The van der Waals surface area contributed by atoms with Gasteiger partial charge in [-0.15, -0.1) is 0 Å². The smallest absolute Gasteiger partial charge is 0.137 e. The molecule has 0 saturated heterocycles. The van der Waals surface area contributed by atoms with Gasteiger partial charge in [0.2, 0.25) is 0 Å². The zero-order valence-electron chi connectivity index (χ0n) is 8.82. The Bertz CT molecular complexity index is 677. The molecule has 1 aliphatic heterocycles. The summed E-state index contributed by atoms with van der Waals surface area (Å²) in [6.45, 7) is 0.452. The van der Waals surface area contributed by atoms with Gasteiger partial charge in [-0.3, -0.25) is 0 Å². The van der Waals surface area contributed by atoms with Crippen LogP contribution in [0.15, 0.2) is 35.5 Å². The Kier molecular flexibility index (Phi) is 2.37. The van der Waals surface area contributed by atoms with Crippen LogP contribution < -0.4 is 15.6 Å². The molecule has 1 aromatic heterocycles. The van der Waals surface area contributed by atoms with Crippen molar-refractivity contribution in [3.63, 3.8) is 0 Å². The molecule has 3 rings (SSSR count). The highest BCUT2D eigenvalue weighted by Gasteiger charge is 2.09. The van der Waals surface area contributed by atoms with Crippen LogP contribution in [0, 0.1) is 5.82 Å². The average molecular weight is 250 g/mol. The van der Waals surface area contributed by atoms with E-state index in [9.17, 15) is 4.39 Å². The molecule has 0 bridgehead atoms. The van der Waals surface area contributed by atoms with Crippen LogP contribution in [-0.4, -0.2) is 11.7 Å². The number of nitrogens with zero attached hydrogens (tertiary/aromatic N) is 2. The molecular weight excluding hydrogens is 241 g/mol. The Morgan fingerprint density at radius 2 is 2.29 bits per heavy atom. The lowest BCUT2D eigenvalue weighted by Crippen LogP contribution is -2.35. The summed E-state index contributed by atoms with van der Waals surface area (Å²) in [6.07, 6.45) is 3.57. The number of aromatic nitrogens is 1. The molecule has 17 heavy (non-hydrogen) atoms. The Morgan fingerprint density at radius 1 is 1.41 bits per heavy atom. The van der Waals surface area contributed by atoms with Gasteiger partial charge in [0.25, 0.3) is 0 Å². The number of hydrogen-bond acceptors (Lipinski definition) is 2. The van der Waals surface area contributed by atoms with Gasteiger partial charge in [0.15, 0.2) is 0 Å². The number of benzene rings is 1. The number of halogens is 2. The van der Waals surface area contributed by atoms with Crippen LogP contribution >= 0.6 is 11.6 Å². The first-order chi connectivity index (χ1) is 8.24. The van der Waals surface area contributed by atoms with E-state index in [1.54, 1.807) is 12.3 Å². The van der Waals surface area contributed by atoms with Crippen LogP contribution in [0.25, 0.3) is 6.20 Å². The molecule has 0 aliphatic carbocycles. The van der Waals surface area contributed by atoms with Crippen molar-refractivity contribution in [3.8, 4) is 0 Å². The number of anilines is 1. The van der Waals surface area contributed by atoms with Crippen molar-refractivity contribution >= 4 is 23.5 Å². The fourth-order valence-electron chi connectivity index (χ4n) is 1.81. The van der Waals surface area contributed by atoms with E-state index in [0.717, 1.165) is 16.4 Å². The minimum atomic E-state index is -0.262. The van der Waals surface area contributed by atoms with E-state index in [1.165, 1.54) is 12.1 Å². The molecule has 0 unspecified atom stereocenters. The highest BCUT2D eigenvalue weighted by Crippen LogP contribution is 2.16. The van der Waals surface area contributed by atoms with E-state index in [4.69, 9.17) is 11.6 Å². The molecule has 0 fully saturated rings. The van der Waals surface area contributed by atoms with Crippen molar-refractivity contribution in [3.05, 3.63) is 52.0 Å². The maximum Gasteiger partial charge on any atom is 0.137 e. The van der Waals surface area contributed by atoms with E-state index in [1.807, 2.05) is 17.2 Å². The van der Waals surface area contributed by atoms with Gasteiger partial charge in [-0.25, -0.2) is 9.38 Å². The number of H-pyrrole nitrogens is 1. The van der Waals surface area contributed by atoms with E-state index in [2.05, 4.69) is 9.98 Å². The molecule has 1 N–H and O–H groups in total. The number of rotatable bonds is 1. The Morgan fingerprint density at radius 3 is 3.12 bits per heavy atom. The summed E-state index contributed by atoms with van der Waals surface area (Å²) in [5.74, 6) is -0.262. The lowest BCUT2D eigenvalue weighted by Gasteiger charge is -2.19. The second-order valence-corrected chi connectivity index (χ2v) is 4.18. The van der Waals surface area contributed by atoms with E-state index in [-0.39, 0.29) is 5.82 Å². The summed E-state index contributed by atoms with van der Waals surface area (Å²) in [6, 6.07) is 6.39. The summed E-state index contributed by atoms with van der Waals surface area (Å²) < 4.78 is 13.1. The van der Waals surface area contributed by atoms with E-state index >= 15 is 0 Å². The van der Waals surface area contributed by atoms with Gasteiger partial charge in [0, 0.05) is 18.1 Å². The summed E-state index contributed by atoms with van der Waals surface area (Å²) in [5.41, 5.74) is 1.53. The molecule has 0 saturated carbocycles. The molecule has 0 atom stereocenters. The lowest BCUT2D eigenvalue weighted by molar-refractivity contribution is 0.627. The first-order valence-electron chi connectivity index (χ1n) is 5.15. The molecule has 0 radical (unpaired) electrons. The number of hydrogen-bond donors (Lipinski definition) is 1. The van der Waals surface area contributed by atoms with Gasteiger partial charge in [-0.2, -0.15) is 0 Å². The van der Waals surface area contributed by atoms with Crippen molar-refractivity contribution in [1.29, 1.82) is 0 Å². The standard InChI is InChI=1S/C12H9ClFN3/c13-11-5-15-12-10(11)6-17(7-16-12)9-3-1-2-8(14)4-9/h1-6H,7H2,(H,15,16). The fraction of sp³-hybridized carbons (Fsp3) is 0.0833. The molecule has 1 aliphatic rings. The van der Waals surface area contributed by atoms with Gasteiger partial charge in [0.1, 0.15) is 18.0 Å². The Balaban J connectivity index is 2.09. The molecule has 86 valence electrons. The van der Waals surface area contributed by atoms with Gasteiger partial charge < -0.3 is 9.88 Å². The third-order valence-corrected chi connectivity index (χ3v) is 2.97. The Labute approximate surface area is 102 Å². The molecule has 1 aromatic carbocycles. The first kappa shape index (κ1) is 10.4. The largest absolute Gasteiger partial charge is 0.345 e. The molecule has 5 heteroatoms. The van der Waals surface area contributed by atoms with Gasteiger partial charge in [0.05, 0.1) is 10.2 Å². The van der Waals surface area contributed by atoms with Gasteiger partial charge in [-0.1, -0.05) is 17.7 Å². The second-order valence-electron chi connectivity index (χ2n) is 3.78. The molecule has 2 heterocycles. The lowest BCUT2D eigenvalue weighted by atomic mass is 10.3. The number of aromatic amines is 1. The first-order valence-corrected chi connectivity index (χ1v) is 5.53. The van der Waals surface area contributed by atoms with Crippen LogP contribution in [0.4, 0.5) is 10.1 Å². The summed E-state index contributed by atoms with van der Waals surface area (Å²) >= 11 is 6.02. The molecule has 2 aromatic rings. The minimum absolute atomic E-state index is 0.262. The van der Waals surface area contributed by atoms with Crippen LogP contribution in [0.1, 0.15) is 0 Å². The SMILES string of the molecule is Fc1cccc(N2C=c3c(Cl)c[nH]c3=NC2)c1. The fourth-order valence-corrected chi connectivity index (χ4v) is 2.00. The van der Waals surface area contributed by atoms with Crippen LogP contribution in [0.2, 0.25) is 5.02 Å². The zero-order valence-corrected chi connectivity index (χ0v) is 9.58. The maximum absolute atomic E-state index is 13.1. The average Bonchev–Trinajstić information content (AvgIpc) is 2.71. The highest BCUT2D eigenvalue weighted by molar-refractivity contribution is 6.30. The monoisotopic (exact) mass is 249 g/mol. The van der Waals surface area contributed by atoms with Crippen molar-refractivity contribution in [2.75, 3.05) is 11.6 Å². The number of fused-ring (bicyclic) bond motifs is 1. The predicted octanol–water partition coefficient (Wildman–Crippen LogP) is 1.64. The van der Waals surface area contributed by atoms with Crippen LogP contribution in [0.3, 0.4) is 0 Å². The van der Waals surface area contributed by atoms with Gasteiger partial charge >= 0.3 is 0 Å². The highest BCUT2D eigenvalue weighted by atomic mass is 35.5. The van der Waals surface area contributed by atoms with Crippen molar-refractivity contribution in [2.45, 2.75) is 0 Å². The zero-order chi connectivity index (χ0) is 11.8. The minimum Gasteiger partial charge on any atom is -0.345 e. The molecule has 0 amide bonds. The topological polar surface area (TPSA) is 31.4 Å². The third-order valence-electron chi connectivity index (χ3n) is 2.65.